The van der Waals surface area contributed by atoms with Crippen LogP contribution in [0.3, 0.4) is 0 Å². The number of hydrogen-bond acceptors (Lipinski definition) is 4. The Labute approximate surface area is 102 Å². The molecule has 0 aliphatic carbocycles. The SMILES string of the molecule is NC(=O)C1CCCCN1CCC1OCCCO1. The van der Waals surface area contributed by atoms with Crippen LogP contribution >= 0.6 is 0 Å². The second-order valence-electron chi connectivity index (χ2n) is 4.76. The molecule has 0 saturated carbocycles. The van der Waals surface area contributed by atoms with Gasteiger partial charge in [-0.2, -0.15) is 0 Å². The second-order valence-corrected chi connectivity index (χ2v) is 4.76. The summed E-state index contributed by atoms with van der Waals surface area (Å²) in [5, 5.41) is 0. The molecule has 17 heavy (non-hydrogen) atoms. The fourth-order valence-electron chi connectivity index (χ4n) is 2.56. The van der Waals surface area contributed by atoms with Crippen LogP contribution in [-0.2, 0) is 14.3 Å². The lowest BCUT2D eigenvalue weighted by atomic mass is 10.0. The van der Waals surface area contributed by atoms with E-state index in [9.17, 15) is 4.79 Å². The van der Waals surface area contributed by atoms with Gasteiger partial charge >= 0.3 is 0 Å². The topological polar surface area (TPSA) is 64.8 Å². The first-order valence-corrected chi connectivity index (χ1v) is 6.54. The zero-order valence-electron chi connectivity index (χ0n) is 10.3. The van der Waals surface area contributed by atoms with Crippen molar-refractivity contribution >= 4 is 5.91 Å². The Kier molecular flexibility index (Phi) is 4.76. The molecule has 2 rings (SSSR count). The van der Waals surface area contributed by atoms with Crippen molar-refractivity contribution in [3.63, 3.8) is 0 Å². The Hall–Kier alpha value is -0.650. The lowest BCUT2D eigenvalue weighted by Gasteiger charge is -2.34. The van der Waals surface area contributed by atoms with E-state index in [1.54, 1.807) is 0 Å². The van der Waals surface area contributed by atoms with E-state index in [2.05, 4.69) is 4.90 Å². The molecule has 0 spiro atoms. The van der Waals surface area contributed by atoms with Crippen molar-refractivity contribution in [1.29, 1.82) is 0 Å². The minimum absolute atomic E-state index is 0.0904. The average molecular weight is 242 g/mol. The molecule has 1 atom stereocenters. The number of primary amides is 1. The van der Waals surface area contributed by atoms with E-state index < -0.39 is 0 Å². The van der Waals surface area contributed by atoms with Gasteiger partial charge in [0.15, 0.2) is 6.29 Å². The number of piperidine rings is 1. The first kappa shape index (κ1) is 12.8. The summed E-state index contributed by atoms with van der Waals surface area (Å²) in [6.07, 6.45) is 4.84. The molecule has 0 aromatic heterocycles. The summed E-state index contributed by atoms with van der Waals surface area (Å²) < 4.78 is 11.0. The Balaban J connectivity index is 1.77. The normalized spacial score (nSPS) is 28.1. The molecule has 2 aliphatic rings. The predicted octanol–water partition coefficient (Wildman–Crippen LogP) is 0.479. The van der Waals surface area contributed by atoms with Crippen LogP contribution in [0.4, 0.5) is 0 Å². The van der Waals surface area contributed by atoms with Crippen molar-refractivity contribution in [3.8, 4) is 0 Å². The molecule has 5 nitrogen and oxygen atoms in total. The number of nitrogens with zero attached hydrogens (tertiary/aromatic N) is 1. The molecule has 0 bridgehead atoms. The van der Waals surface area contributed by atoms with Gasteiger partial charge in [0.05, 0.1) is 19.3 Å². The third kappa shape index (κ3) is 3.66. The third-order valence-electron chi connectivity index (χ3n) is 3.49. The molecule has 5 heteroatoms. The highest BCUT2D eigenvalue weighted by atomic mass is 16.7. The van der Waals surface area contributed by atoms with Crippen LogP contribution in [0.15, 0.2) is 0 Å². The summed E-state index contributed by atoms with van der Waals surface area (Å²) in [7, 11) is 0. The molecule has 2 fully saturated rings. The maximum absolute atomic E-state index is 11.3. The second kappa shape index (κ2) is 6.33. The smallest absolute Gasteiger partial charge is 0.234 e. The van der Waals surface area contributed by atoms with Crippen LogP contribution in [0.2, 0.25) is 0 Å². The highest BCUT2D eigenvalue weighted by Gasteiger charge is 2.27. The Morgan fingerprint density at radius 3 is 2.71 bits per heavy atom. The largest absolute Gasteiger partial charge is 0.368 e. The molecule has 98 valence electrons. The number of likely N-dealkylation sites (tertiary alicyclic amines) is 1. The van der Waals surface area contributed by atoms with Gasteiger partial charge in [-0.15, -0.1) is 0 Å². The molecule has 0 radical (unpaired) electrons. The number of nitrogens with two attached hydrogens (primary N) is 1. The van der Waals surface area contributed by atoms with Gasteiger partial charge in [-0.05, 0) is 25.8 Å². The standard InChI is InChI=1S/C12H22N2O3/c13-12(15)10-4-1-2-6-14(10)7-5-11-16-8-3-9-17-11/h10-11H,1-9H2,(H2,13,15). The minimum Gasteiger partial charge on any atom is -0.368 e. The van der Waals surface area contributed by atoms with Gasteiger partial charge in [0.2, 0.25) is 5.91 Å². The average Bonchev–Trinajstić information content (AvgIpc) is 2.38. The molecular formula is C12H22N2O3. The minimum atomic E-state index is -0.199. The summed E-state index contributed by atoms with van der Waals surface area (Å²) in [6.45, 7) is 3.35. The number of ether oxygens (including phenoxy) is 2. The maximum atomic E-state index is 11.3. The van der Waals surface area contributed by atoms with Crippen molar-refractivity contribution in [3.05, 3.63) is 0 Å². The Morgan fingerprint density at radius 1 is 1.24 bits per heavy atom. The van der Waals surface area contributed by atoms with E-state index >= 15 is 0 Å². The predicted molar refractivity (Wildman–Crippen MR) is 63.3 cm³/mol. The summed E-state index contributed by atoms with van der Waals surface area (Å²) in [6, 6.07) is -0.0904. The number of rotatable bonds is 4. The lowest BCUT2D eigenvalue weighted by Crippen LogP contribution is -2.48. The summed E-state index contributed by atoms with van der Waals surface area (Å²) in [5.74, 6) is -0.199. The zero-order valence-corrected chi connectivity index (χ0v) is 10.3. The van der Waals surface area contributed by atoms with E-state index in [1.165, 1.54) is 0 Å². The van der Waals surface area contributed by atoms with Gasteiger partial charge in [-0.25, -0.2) is 0 Å². The molecular weight excluding hydrogens is 220 g/mol. The fraction of sp³-hybridized carbons (Fsp3) is 0.917. The van der Waals surface area contributed by atoms with Crippen LogP contribution in [0, 0.1) is 0 Å². The Bertz CT molecular complexity index is 254. The van der Waals surface area contributed by atoms with Crippen molar-refractivity contribution in [1.82, 2.24) is 4.90 Å². The first-order chi connectivity index (χ1) is 8.27. The van der Waals surface area contributed by atoms with Crippen molar-refractivity contribution < 1.29 is 14.3 Å². The highest BCUT2D eigenvalue weighted by molar-refractivity contribution is 5.79. The van der Waals surface area contributed by atoms with E-state index in [1.807, 2.05) is 0 Å². The summed E-state index contributed by atoms with van der Waals surface area (Å²) in [4.78, 5) is 13.5. The molecule has 0 aromatic carbocycles. The molecule has 2 aliphatic heterocycles. The van der Waals surface area contributed by atoms with Gasteiger partial charge in [0, 0.05) is 13.0 Å². The number of hydrogen-bond donors (Lipinski definition) is 1. The molecule has 2 N–H and O–H groups in total. The van der Waals surface area contributed by atoms with Crippen molar-refractivity contribution in [2.45, 2.75) is 44.4 Å². The number of carbonyl (C=O) groups is 1. The quantitative estimate of drug-likeness (QED) is 0.778. The van der Waals surface area contributed by atoms with E-state index in [0.29, 0.717) is 0 Å². The van der Waals surface area contributed by atoms with E-state index in [-0.39, 0.29) is 18.2 Å². The molecule has 2 saturated heterocycles. The summed E-state index contributed by atoms with van der Waals surface area (Å²) in [5.41, 5.74) is 5.42. The number of amides is 1. The van der Waals surface area contributed by atoms with Crippen LogP contribution in [0.25, 0.3) is 0 Å². The van der Waals surface area contributed by atoms with Gasteiger partial charge in [0.25, 0.3) is 0 Å². The number of carbonyl (C=O) groups excluding carboxylic acids is 1. The monoisotopic (exact) mass is 242 g/mol. The van der Waals surface area contributed by atoms with Gasteiger partial charge < -0.3 is 15.2 Å². The molecule has 1 amide bonds. The first-order valence-electron chi connectivity index (χ1n) is 6.54. The molecule has 2 heterocycles. The maximum Gasteiger partial charge on any atom is 0.234 e. The van der Waals surface area contributed by atoms with Crippen molar-refractivity contribution in [2.75, 3.05) is 26.3 Å². The van der Waals surface area contributed by atoms with E-state index in [4.69, 9.17) is 15.2 Å². The van der Waals surface area contributed by atoms with Gasteiger partial charge in [0.1, 0.15) is 0 Å². The molecule has 0 aromatic rings. The van der Waals surface area contributed by atoms with Gasteiger partial charge in [-0.3, -0.25) is 9.69 Å². The molecule has 1 unspecified atom stereocenters. The van der Waals surface area contributed by atoms with Crippen LogP contribution < -0.4 is 5.73 Å². The van der Waals surface area contributed by atoms with Crippen LogP contribution in [0.5, 0.6) is 0 Å². The summed E-state index contributed by atoms with van der Waals surface area (Å²) >= 11 is 0. The van der Waals surface area contributed by atoms with Crippen molar-refractivity contribution in [2.24, 2.45) is 5.73 Å². The third-order valence-corrected chi connectivity index (χ3v) is 3.49. The highest BCUT2D eigenvalue weighted by Crippen LogP contribution is 2.18. The lowest BCUT2D eigenvalue weighted by molar-refractivity contribution is -0.183. The van der Waals surface area contributed by atoms with Crippen LogP contribution in [0.1, 0.15) is 32.1 Å². The van der Waals surface area contributed by atoms with Gasteiger partial charge in [-0.1, -0.05) is 6.42 Å². The van der Waals surface area contributed by atoms with E-state index in [0.717, 1.165) is 58.4 Å². The zero-order chi connectivity index (χ0) is 12.1. The Morgan fingerprint density at radius 2 is 2.00 bits per heavy atom. The van der Waals surface area contributed by atoms with Crippen LogP contribution in [-0.4, -0.2) is 49.4 Å². The fourth-order valence-corrected chi connectivity index (χ4v) is 2.56.